The summed E-state index contributed by atoms with van der Waals surface area (Å²) >= 11 is 18.0. The van der Waals surface area contributed by atoms with Crippen LogP contribution >= 0.6 is 35.4 Å². The van der Waals surface area contributed by atoms with Crippen molar-refractivity contribution in [1.29, 1.82) is 0 Å². The number of thiocarbonyl (C=S) groups is 1. The highest BCUT2D eigenvalue weighted by molar-refractivity contribution is 7.80. The summed E-state index contributed by atoms with van der Waals surface area (Å²) in [5, 5.41) is 2.88. The summed E-state index contributed by atoms with van der Waals surface area (Å²) in [6.07, 6.45) is 4.92. The number of aryl methyl sites for hydroxylation is 1. The highest BCUT2D eigenvalue weighted by Crippen LogP contribution is 2.31. The van der Waals surface area contributed by atoms with Crippen molar-refractivity contribution in [2.24, 2.45) is 0 Å². The van der Waals surface area contributed by atoms with Crippen LogP contribution in [0.3, 0.4) is 0 Å². The number of aromatic nitrogens is 1. The second-order valence-corrected chi connectivity index (χ2v) is 8.74. The Kier molecular flexibility index (Phi) is 6.11. The molecule has 1 fully saturated rings. The molecule has 7 heteroatoms. The Morgan fingerprint density at radius 3 is 2.52 bits per heavy atom. The molecule has 0 spiro atoms. The van der Waals surface area contributed by atoms with Crippen molar-refractivity contribution in [3.05, 3.63) is 75.0 Å². The van der Waals surface area contributed by atoms with Gasteiger partial charge in [0.25, 0.3) is 5.91 Å². The van der Waals surface area contributed by atoms with E-state index in [1.807, 2.05) is 32.2 Å². The van der Waals surface area contributed by atoms with Crippen LogP contribution < -0.4 is 0 Å². The van der Waals surface area contributed by atoms with Crippen LogP contribution in [0, 0.1) is 0 Å². The maximum atomic E-state index is 12.9. The minimum absolute atomic E-state index is 0.0664. The molecule has 4 rings (SSSR count). The maximum absolute atomic E-state index is 12.9. The molecule has 2 heterocycles. The van der Waals surface area contributed by atoms with Crippen molar-refractivity contribution in [2.45, 2.75) is 26.8 Å². The molecule has 0 atom stereocenters. The lowest BCUT2D eigenvalue weighted by Crippen LogP contribution is -2.30. The molecule has 0 unspecified atom stereocenters. The lowest BCUT2D eigenvalue weighted by molar-refractivity contribution is -0.122. The maximum Gasteiger partial charge on any atom is 0.276 e. The lowest BCUT2D eigenvalue weighted by atomic mass is 10.1. The number of benzene rings is 2. The first-order valence-electron chi connectivity index (χ1n) is 10.2. The van der Waals surface area contributed by atoms with Crippen LogP contribution in [0.4, 0.5) is 0 Å². The molecule has 1 saturated heterocycles. The zero-order chi connectivity index (χ0) is 22.3. The Balaban J connectivity index is 1.86. The van der Waals surface area contributed by atoms with Crippen LogP contribution in [0.25, 0.3) is 17.0 Å². The van der Waals surface area contributed by atoms with E-state index in [0.29, 0.717) is 33.9 Å². The molecule has 1 aliphatic rings. The second kappa shape index (κ2) is 8.65. The van der Waals surface area contributed by atoms with Crippen LogP contribution in [0.1, 0.15) is 30.5 Å². The van der Waals surface area contributed by atoms with E-state index in [-0.39, 0.29) is 5.91 Å². The number of carbonyl (C=O) groups is 1. The molecule has 0 N–H and O–H groups in total. The van der Waals surface area contributed by atoms with Crippen molar-refractivity contribution >= 4 is 63.4 Å². The van der Waals surface area contributed by atoms with Gasteiger partial charge in [0.15, 0.2) is 5.11 Å². The van der Waals surface area contributed by atoms with Crippen molar-refractivity contribution in [3.63, 3.8) is 0 Å². The monoisotopic (exact) mass is 471 g/mol. The molecule has 3 aromatic rings. The fourth-order valence-electron chi connectivity index (χ4n) is 4.06. The highest BCUT2D eigenvalue weighted by Gasteiger charge is 2.34. The van der Waals surface area contributed by atoms with Crippen LogP contribution in [-0.4, -0.2) is 39.0 Å². The van der Waals surface area contributed by atoms with Gasteiger partial charge in [0.1, 0.15) is 5.70 Å². The van der Waals surface area contributed by atoms with E-state index >= 15 is 0 Å². The Bertz CT molecular complexity index is 1230. The van der Waals surface area contributed by atoms with Gasteiger partial charge in [0.2, 0.25) is 0 Å². The molecule has 1 aromatic heterocycles. The SMILES string of the molecule is CCc1cccc2c(/C=C3/C(=O)N(CC)C(=S)N3C)cn(Cc3ccc(Cl)cc3Cl)c12. The Morgan fingerprint density at radius 1 is 1.10 bits per heavy atom. The van der Waals surface area contributed by atoms with Crippen molar-refractivity contribution in [2.75, 3.05) is 13.6 Å². The Hall–Kier alpha value is -2.34. The van der Waals surface area contributed by atoms with Crippen LogP contribution in [0.5, 0.6) is 0 Å². The number of hydrogen-bond donors (Lipinski definition) is 0. The van der Waals surface area contributed by atoms with Gasteiger partial charge >= 0.3 is 0 Å². The number of rotatable bonds is 5. The van der Waals surface area contributed by atoms with Gasteiger partial charge in [-0.1, -0.05) is 54.4 Å². The predicted molar refractivity (Wildman–Crippen MR) is 133 cm³/mol. The highest BCUT2D eigenvalue weighted by atomic mass is 35.5. The van der Waals surface area contributed by atoms with Gasteiger partial charge in [0, 0.05) is 47.3 Å². The van der Waals surface area contributed by atoms with Crippen molar-refractivity contribution in [1.82, 2.24) is 14.4 Å². The van der Waals surface area contributed by atoms with E-state index in [0.717, 1.165) is 28.5 Å². The Labute approximate surface area is 197 Å². The summed E-state index contributed by atoms with van der Waals surface area (Å²) in [7, 11) is 1.84. The number of nitrogens with zero attached hydrogens (tertiary/aromatic N) is 3. The fourth-order valence-corrected chi connectivity index (χ4v) is 4.84. The van der Waals surface area contributed by atoms with Gasteiger partial charge in [-0.15, -0.1) is 0 Å². The average Bonchev–Trinajstić information content (AvgIpc) is 3.20. The van der Waals surface area contributed by atoms with Gasteiger partial charge in [0.05, 0.1) is 5.52 Å². The number of likely N-dealkylation sites (N-methyl/N-ethyl adjacent to an activating group) is 2. The van der Waals surface area contributed by atoms with Gasteiger partial charge in [-0.2, -0.15) is 0 Å². The van der Waals surface area contributed by atoms with Crippen molar-refractivity contribution < 1.29 is 4.79 Å². The van der Waals surface area contributed by atoms with Gasteiger partial charge < -0.3 is 9.47 Å². The molecule has 4 nitrogen and oxygen atoms in total. The molecule has 0 aliphatic carbocycles. The molecule has 1 aliphatic heterocycles. The molecular weight excluding hydrogens is 449 g/mol. The summed E-state index contributed by atoms with van der Waals surface area (Å²) in [5.74, 6) is -0.0664. The van der Waals surface area contributed by atoms with Crippen molar-refractivity contribution in [3.8, 4) is 0 Å². The first-order chi connectivity index (χ1) is 14.8. The molecule has 0 bridgehead atoms. The minimum atomic E-state index is -0.0664. The normalized spacial score (nSPS) is 15.7. The van der Waals surface area contributed by atoms with E-state index in [1.54, 1.807) is 15.9 Å². The largest absolute Gasteiger partial charge is 0.342 e. The van der Waals surface area contributed by atoms with E-state index < -0.39 is 0 Å². The number of amides is 1. The van der Waals surface area contributed by atoms with Gasteiger partial charge in [-0.05, 0) is 54.9 Å². The smallest absolute Gasteiger partial charge is 0.276 e. The standard InChI is InChI=1S/C24H23Cl2N3OS/c1-4-15-7-6-8-19-17(11-21-23(30)29(5-2)24(31)27(21)3)14-28(22(15)19)13-16-9-10-18(25)12-20(16)26/h6-12,14H,4-5,13H2,1-3H3/b21-11-. The molecular formula is C24H23Cl2N3OS. The zero-order valence-electron chi connectivity index (χ0n) is 17.7. The Morgan fingerprint density at radius 2 is 1.87 bits per heavy atom. The summed E-state index contributed by atoms with van der Waals surface area (Å²) < 4.78 is 2.20. The molecule has 0 radical (unpaired) electrons. The summed E-state index contributed by atoms with van der Waals surface area (Å²) in [4.78, 5) is 16.3. The molecule has 2 aromatic carbocycles. The third-order valence-corrected chi connectivity index (χ3v) is 6.78. The van der Waals surface area contributed by atoms with Crippen LogP contribution in [-0.2, 0) is 17.8 Å². The van der Waals surface area contributed by atoms with Gasteiger partial charge in [-0.3, -0.25) is 9.69 Å². The average molecular weight is 472 g/mol. The number of fused-ring (bicyclic) bond motifs is 1. The summed E-state index contributed by atoms with van der Waals surface area (Å²) in [6.45, 7) is 5.23. The number of carbonyl (C=O) groups excluding carboxylic acids is 1. The molecule has 160 valence electrons. The topological polar surface area (TPSA) is 28.5 Å². The quantitative estimate of drug-likeness (QED) is 0.338. The van der Waals surface area contributed by atoms with E-state index in [4.69, 9.17) is 35.4 Å². The lowest BCUT2D eigenvalue weighted by Gasteiger charge is -2.13. The summed E-state index contributed by atoms with van der Waals surface area (Å²) in [5.41, 5.74) is 4.93. The number of hydrogen-bond acceptors (Lipinski definition) is 2. The van der Waals surface area contributed by atoms with E-state index in [2.05, 4.69) is 35.9 Å². The van der Waals surface area contributed by atoms with Gasteiger partial charge in [-0.25, -0.2) is 0 Å². The third-order valence-electron chi connectivity index (χ3n) is 5.70. The zero-order valence-corrected chi connectivity index (χ0v) is 20.0. The molecule has 0 saturated carbocycles. The first-order valence-corrected chi connectivity index (χ1v) is 11.4. The van der Waals surface area contributed by atoms with E-state index in [9.17, 15) is 4.79 Å². The fraction of sp³-hybridized carbons (Fsp3) is 0.250. The first kappa shape index (κ1) is 21.9. The third kappa shape index (κ3) is 3.86. The summed E-state index contributed by atoms with van der Waals surface area (Å²) in [6, 6.07) is 11.9. The predicted octanol–water partition coefficient (Wildman–Crippen LogP) is 5.98. The number of halogens is 2. The molecule has 31 heavy (non-hydrogen) atoms. The number of para-hydroxylation sites is 1. The molecule has 1 amide bonds. The minimum Gasteiger partial charge on any atom is -0.342 e. The van der Waals surface area contributed by atoms with Crippen LogP contribution in [0.2, 0.25) is 10.0 Å². The van der Waals surface area contributed by atoms with Crippen LogP contribution in [0.15, 0.2) is 48.3 Å². The van der Waals surface area contributed by atoms with E-state index in [1.165, 1.54) is 5.56 Å². The second-order valence-electron chi connectivity index (χ2n) is 7.54.